The molecule has 1 aliphatic rings. The van der Waals surface area contributed by atoms with E-state index in [-0.39, 0.29) is 11.9 Å². The van der Waals surface area contributed by atoms with E-state index in [1.165, 1.54) is 16.7 Å². The van der Waals surface area contributed by atoms with Gasteiger partial charge in [-0.3, -0.25) is 19.4 Å². The number of aliphatic carboxylic acids is 1. The number of aromatic nitrogens is 2. The van der Waals surface area contributed by atoms with Gasteiger partial charge in [0.25, 0.3) is 11.5 Å². The third kappa shape index (κ3) is 3.59. The zero-order valence-electron chi connectivity index (χ0n) is 16.1. The number of hydrogen-bond donors (Lipinski definition) is 4. The maximum Gasteiger partial charge on any atom is 0.433 e. The SMILES string of the molecule is O=C(O)CNC(=O)c1c(O)c2cccc3c2n(c1=O)CC(c1ccc(C(F)(F)F)nc1)N3. The van der Waals surface area contributed by atoms with Gasteiger partial charge in [-0.15, -0.1) is 0 Å². The smallest absolute Gasteiger partial charge is 0.433 e. The van der Waals surface area contributed by atoms with Crippen LogP contribution in [-0.4, -0.2) is 38.2 Å². The number of aromatic hydroxyl groups is 1. The highest BCUT2D eigenvalue weighted by molar-refractivity contribution is 6.05. The normalized spacial score (nSPS) is 15.3. The Morgan fingerprint density at radius 2 is 2.00 bits per heavy atom. The van der Waals surface area contributed by atoms with Gasteiger partial charge in [-0.25, -0.2) is 0 Å². The van der Waals surface area contributed by atoms with E-state index in [0.29, 0.717) is 16.8 Å². The van der Waals surface area contributed by atoms with Crippen LogP contribution in [0.1, 0.15) is 27.7 Å². The topological polar surface area (TPSA) is 134 Å². The van der Waals surface area contributed by atoms with Crippen LogP contribution < -0.4 is 16.2 Å². The monoisotopic (exact) mass is 448 g/mol. The third-order valence-electron chi connectivity index (χ3n) is 5.06. The number of anilines is 1. The lowest BCUT2D eigenvalue weighted by Crippen LogP contribution is -2.38. The molecule has 3 aromatic rings. The number of nitrogens with zero attached hydrogens (tertiary/aromatic N) is 2. The van der Waals surface area contributed by atoms with Gasteiger partial charge in [0.1, 0.15) is 23.6 Å². The van der Waals surface area contributed by atoms with E-state index in [2.05, 4.69) is 10.3 Å². The van der Waals surface area contributed by atoms with E-state index in [0.717, 1.165) is 12.3 Å². The highest BCUT2D eigenvalue weighted by Crippen LogP contribution is 2.37. The molecule has 4 N–H and O–H groups in total. The molecule has 0 saturated heterocycles. The molecule has 32 heavy (non-hydrogen) atoms. The molecule has 0 spiro atoms. The Morgan fingerprint density at radius 3 is 2.62 bits per heavy atom. The molecule has 9 nitrogen and oxygen atoms in total. The summed E-state index contributed by atoms with van der Waals surface area (Å²) in [7, 11) is 0. The van der Waals surface area contributed by atoms with Gasteiger partial charge in [0, 0.05) is 11.6 Å². The summed E-state index contributed by atoms with van der Waals surface area (Å²) in [4.78, 5) is 39.7. The number of rotatable bonds is 4. The number of pyridine rings is 2. The van der Waals surface area contributed by atoms with Crippen LogP contribution >= 0.6 is 0 Å². The third-order valence-corrected chi connectivity index (χ3v) is 5.06. The van der Waals surface area contributed by atoms with Crippen LogP contribution in [0.3, 0.4) is 0 Å². The Kier molecular flexibility index (Phi) is 4.99. The molecule has 4 rings (SSSR count). The van der Waals surface area contributed by atoms with Crippen LogP contribution in [0.25, 0.3) is 10.9 Å². The van der Waals surface area contributed by atoms with Gasteiger partial charge in [-0.1, -0.05) is 12.1 Å². The van der Waals surface area contributed by atoms with Crippen molar-refractivity contribution >= 4 is 28.5 Å². The summed E-state index contributed by atoms with van der Waals surface area (Å²) in [5.41, 5.74) is -1.44. The molecule has 1 aliphatic heterocycles. The van der Waals surface area contributed by atoms with Gasteiger partial charge in [0.2, 0.25) is 0 Å². The standard InChI is InChI=1S/C20H15F3N4O5/c21-20(22,23)13-5-4-9(6-24-13)12-8-27-16-10(2-1-3-11(16)26-12)17(30)15(19(27)32)18(31)25-7-14(28)29/h1-6,12,26,30H,7-8H2,(H,25,31)(H,28,29). The minimum Gasteiger partial charge on any atom is -0.506 e. The van der Waals surface area contributed by atoms with Crippen LogP contribution in [0.2, 0.25) is 0 Å². The number of carbonyl (C=O) groups excluding carboxylic acids is 1. The number of benzene rings is 1. The van der Waals surface area contributed by atoms with E-state index in [1.807, 2.05) is 5.32 Å². The maximum atomic E-state index is 13.1. The second-order valence-corrected chi connectivity index (χ2v) is 7.09. The van der Waals surface area contributed by atoms with Gasteiger partial charge in [-0.2, -0.15) is 13.2 Å². The molecule has 2 aromatic heterocycles. The number of carbonyl (C=O) groups is 2. The lowest BCUT2D eigenvalue weighted by atomic mass is 10.0. The fourth-order valence-corrected chi connectivity index (χ4v) is 3.62. The molecule has 1 amide bonds. The quantitative estimate of drug-likeness (QED) is 0.480. The fourth-order valence-electron chi connectivity index (χ4n) is 3.62. The van der Waals surface area contributed by atoms with Crippen LogP contribution in [-0.2, 0) is 17.5 Å². The highest BCUT2D eigenvalue weighted by atomic mass is 19.4. The van der Waals surface area contributed by atoms with Gasteiger partial charge in [-0.05, 0) is 23.8 Å². The average Bonchev–Trinajstić information content (AvgIpc) is 2.75. The molecule has 1 atom stereocenters. The van der Waals surface area contributed by atoms with E-state index < -0.39 is 53.2 Å². The van der Waals surface area contributed by atoms with E-state index in [1.54, 1.807) is 12.1 Å². The summed E-state index contributed by atoms with van der Waals surface area (Å²) in [6, 6.07) is 6.08. The van der Waals surface area contributed by atoms with Crippen LogP contribution in [0, 0.1) is 0 Å². The van der Waals surface area contributed by atoms with Crippen LogP contribution in [0.15, 0.2) is 41.3 Å². The Balaban J connectivity index is 1.79. The van der Waals surface area contributed by atoms with Gasteiger partial charge >= 0.3 is 12.1 Å². The molecule has 12 heteroatoms. The molecule has 3 heterocycles. The second kappa shape index (κ2) is 7.55. The zero-order valence-corrected chi connectivity index (χ0v) is 16.1. The summed E-state index contributed by atoms with van der Waals surface area (Å²) in [5, 5.41) is 24.6. The summed E-state index contributed by atoms with van der Waals surface area (Å²) < 4.78 is 39.7. The van der Waals surface area contributed by atoms with Crippen LogP contribution in [0.5, 0.6) is 5.75 Å². The van der Waals surface area contributed by atoms with Gasteiger partial charge in [0.15, 0.2) is 0 Å². The van der Waals surface area contributed by atoms with E-state index in [4.69, 9.17) is 5.11 Å². The predicted molar refractivity (Wildman–Crippen MR) is 105 cm³/mol. The Morgan fingerprint density at radius 1 is 1.25 bits per heavy atom. The number of amides is 1. The molecular weight excluding hydrogens is 433 g/mol. The number of nitrogens with one attached hydrogen (secondary N) is 2. The number of carboxylic acid groups (broad SMARTS) is 1. The number of para-hydroxylation sites is 1. The molecule has 0 fully saturated rings. The zero-order chi connectivity index (χ0) is 23.2. The summed E-state index contributed by atoms with van der Waals surface area (Å²) in [6.07, 6.45) is -3.54. The largest absolute Gasteiger partial charge is 0.506 e. The first-order valence-electron chi connectivity index (χ1n) is 9.26. The Bertz CT molecular complexity index is 1300. The second-order valence-electron chi connectivity index (χ2n) is 7.09. The molecule has 0 saturated carbocycles. The molecule has 166 valence electrons. The fraction of sp³-hybridized carbons (Fsp3) is 0.200. The highest BCUT2D eigenvalue weighted by Gasteiger charge is 2.33. The van der Waals surface area contributed by atoms with Crippen molar-refractivity contribution in [1.82, 2.24) is 14.9 Å². The molecule has 1 aromatic carbocycles. The number of halogens is 3. The summed E-state index contributed by atoms with van der Waals surface area (Å²) in [5.74, 6) is -2.99. The van der Waals surface area contributed by atoms with E-state index >= 15 is 0 Å². The van der Waals surface area contributed by atoms with Crippen molar-refractivity contribution in [3.8, 4) is 5.75 Å². The van der Waals surface area contributed by atoms with E-state index in [9.17, 15) is 32.7 Å². The van der Waals surface area contributed by atoms with Crippen molar-refractivity contribution in [2.24, 2.45) is 0 Å². The Hall–Kier alpha value is -4.09. The first-order valence-corrected chi connectivity index (χ1v) is 9.26. The Labute approximate surface area is 177 Å². The van der Waals surface area contributed by atoms with Gasteiger partial charge in [0.05, 0.1) is 23.8 Å². The van der Waals surface area contributed by atoms with Gasteiger partial charge < -0.3 is 25.4 Å². The lowest BCUT2D eigenvalue weighted by molar-refractivity contribution is -0.141. The molecule has 1 unspecified atom stereocenters. The molecule has 0 radical (unpaired) electrons. The van der Waals surface area contributed by atoms with Crippen molar-refractivity contribution in [3.05, 3.63) is 63.7 Å². The first kappa shape index (κ1) is 21.2. The predicted octanol–water partition coefficient (Wildman–Crippen LogP) is 2.10. The van der Waals surface area contributed by atoms with Crippen molar-refractivity contribution in [1.29, 1.82) is 0 Å². The first-order chi connectivity index (χ1) is 15.1. The molecule has 0 bridgehead atoms. The minimum absolute atomic E-state index is 0.0706. The number of hydrogen-bond acceptors (Lipinski definition) is 6. The van der Waals surface area contributed by atoms with Crippen molar-refractivity contribution in [2.45, 2.75) is 18.8 Å². The molecule has 0 aliphatic carbocycles. The van der Waals surface area contributed by atoms with Crippen molar-refractivity contribution < 1.29 is 33.0 Å². The number of carboxylic acids is 1. The van der Waals surface area contributed by atoms with Crippen LogP contribution in [0.4, 0.5) is 18.9 Å². The summed E-state index contributed by atoms with van der Waals surface area (Å²) in [6.45, 7) is -0.823. The summed E-state index contributed by atoms with van der Waals surface area (Å²) >= 11 is 0. The lowest BCUT2D eigenvalue weighted by Gasteiger charge is -2.29. The maximum absolute atomic E-state index is 13.1. The minimum atomic E-state index is -4.59. The van der Waals surface area contributed by atoms with Crippen molar-refractivity contribution in [3.63, 3.8) is 0 Å². The number of alkyl halides is 3. The molecular formula is C20H15F3N4O5. The average molecular weight is 448 g/mol. The van der Waals surface area contributed by atoms with Crippen molar-refractivity contribution in [2.75, 3.05) is 11.9 Å².